The Kier molecular flexibility index (Phi) is 5.32. The molecule has 23 heavy (non-hydrogen) atoms. The van der Waals surface area contributed by atoms with Crippen LogP contribution in [0.5, 0.6) is 0 Å². The molecule has 2 heterocycles. The topological polar surface area (TPSA) is 113 Å². The Morgan fingerprint density at radius 2 is 1.96 bits per heavy atom. The van der Waals surface area contributed by atoms with E-state index in [1.54, 1.807) is 18.5 Å². The fraction of sp³-hybridized carbons (Fsp3) is 0.357. The predicted molar refractivity (Wildman–Crippen MR) is 87.7 cm³/mol. The number of carbonyl (C=O) groups excluding carboxylic acids is 1. The van der Waals surface area contributed by atoms with Gasteiger partial charge >= 0.3 is 5.69 Å². The van der Waals surface area contributed by atoms with E-state index < -0.39 is 17.0 Å². The Hall–Kier alpha value is -2.42. The summed E-state index contributed by atoms with van der Waals surface area (Å²) in [6.45, 7) is 2.22. The highest BCUT2D eigenvalue weighted by Gasteiger charge is 2.21. The Balaban J connectivity index is 2.36. The summed E-state index contributed by atoms with van der Waals surface area (Å²) in [5.41, 5.74) is 4.53. The second-order valence-electron chi connectivity index (χ2n) is 4.80. The van der Waals surface area contributed by atoms with Crippen LogP contribution < -0.4 is 17.0 Å². The van der Waals surface area contributed by atoms with Crippen LogP contribution in [0.4, 0.5) is 5.82 Å². The molecule has 0 aliphatic heterocycles. The van der Waals surface area contributed by atoms with E-state index in [0.717, 1.165) is 16.3 Å². The number of ketones is 1. The first-order valence-electron chi connectivity index (χ1n) is 6.99. The van der Waals surface area contributed by atoms with Crippen LogP contribution in [0.1, 0.15) is 23.7 Å². The zero-order valence-electron chi connectivity index (χ0n) is 12.9. The molecule has 0 bridgehead atoms. The number of hydrogen-bond acceptors (Lipinski definition) is 7. The first-order chi connectivity index (χ1) is 11.0. The van der Waals surface area contributed by atoms with Crippen LogP contribution in [0.3, 0.4) is 0 Å². The molecule has 8 nitrogen and oxygen atoms in total. The fourth-order valence-corrected chi connectivity index (χ4v) is 2.72. The molecule has 0 saturated heterocycles. The van der Waals surface area contributed by atoms with Crippen LogP contribution in [0.25, 0.3) is 0 Å². The van der Waals surface area contributed by atoms with E-state index in [9.17, 15) is 14.4 Å². The summed E-state index contributed by atoms with van der Waals surface area (Å²) in [4.78, 5) is 44.7. The average Bonchev–Trinajstić information content (AvgIpc) is 2.56. The minimum Gasteiger partial charge on any atom is -0.384 e. The average molecular weight is 335 g/mol. The summed E-state index contributed by atoms with van der Waals surface area (Å²) in [6.07, 6.45) is 3.78. The number of aromatic nitrogens is 4. The molecule has 0 spiro atoms. The third kappa shape index (κ3) is 3.50. The van der Waals surface area contributed by atoms with E-state index in [-0.39, 0.29) is 17.1 Å². The summed E-state index contributed by atoms with van der Waals surface area (Å²) >= 11 is 1.11. The van der Waals surface area contributed by atoms with Crippen LogP contribution in [-0.4, -0.2) is 30.6 Å². The zero-order valence-corrected chi connectivity index (χ0v) is 13.7. The van der Waals surface area contributed by atoms with Gasteiger partial charge in [-0.05, 0) is 12.5 Å². The van der Waals surface area contributed by atoms with Gasteiger partial charge in [0.1, 0.15) is 11.4 Å². The predicted octanol–water partition coefficient (Wildman–Crippen LogP) is 0.304. The number of rotatable bonds is 6. The van der Waals surface area contributed by atoms with Crippen LogP contribution in [0, 0.1) is 0 Å². The molecule has 0 aromatic carbocycles. The molecule has 0 unspecified atom stereocenters. The van der Waals surface area contributed by atoms with Gasteiger partial charge in [-0.25, -0.2) is 14.8 Å². The lowest BCUT2D eigenvalue weighted by Crippen LogP contribution is -2.42. The van der Waals surface area contributed by atoms with Crippen LogP contribution in [-0.2, 0) is 13.6 Å². The molecule has 2 aromatic rings. The third-order valence-electron chi connectivity index (χ3n) is 3.18. The standard InChI is InChI=1S/C14H17N5O3S/c1-3-7-19-11(15)10(12(21)18(2)14(19)22)9(20)8-23-13-16-5-4-6-17-13/h4-6H,3,7-8,15H2,1-2H3. The lowest BCUT2D eigenvalue weighted by atomic mass is 10.2. The van der Waals surface area contributed by atoms with E-state index in [1.807, 2.05) is 6.92 Å². The quantitative estimate of drug-likeness (QED) is 0.459. The number of anilines is 1. The van der Waals surface area contributed by atoms with Gasteiger partial charge in [0, 0.05) is 26.0 Å². The molecule has 0 atom stereocenters. The van der Waals surface area contributed by atoms with Gasteiger partial charge in [0.05, 0.1) is 5.75 Å². The van der Waals surface area contributed by atoms with Crippen molar-refractivity contribution < 1.29 is 4.79 Å². The summed E-state index contributed by atoms with van der Waals surface area (Å²) < 4.78 is 2.15. The van der Waals surface area contributed by atoms with Gasteiger partial charge in [-0.15, -0.1) is 0 Å². The van der Waals surface area contributed by atoms with Crippen molar-refractivity contribution in [2.75, 3.05) is 11.5 Å². The van der Waals surface area contributed by atoms with E-state index in [2.05, 4.69) is 9.97 Å². The summed E-state index contributed by atoms with van der Waals surface area (Å²) in [5.74, 6) is -0.571. The molecule has 2 rings (SSSR count). The Morgan fingerprint density at radius 3 is 2.57 bits per heavy atom. The smallest absolute Gasteiger partial charge is 0.332 e. The molecule has 0 saturated carbocycles. The van der Waals surface area contributed by atoms with Gasteiger partial charge in [-0.1, -0.05) is 18.7 Å². The molecular weight excluding hydrogens is 318 g/mol. The van der Waals surface area contributed by atoms with Crippen molar-refractivity contribution in [1.29, 1.82) is 0 Å². The summed E-state index contributed by atoms with van der Waals surface area (Å²) in [6, 6.07) is 1.67. The number of hydrogen-bond donors (Lipinski definition) is 1. The fourth-order valence-electron chi connectivity index (χ4n) is 2.05. The second kappa shape index (κ2) is 7.23. The number of thioether (sulfide) groups is 1. The number of Topliss-reactive ketones (excluding diaryl/α,β-unsaturated/α-hetero) is 1. The Bertz CT molecular complexity index is 829. The van der Waals surface area contributed by atoms with Crippen molar-refractivity contribution in [3.8, 4) is 0 Å². The maximum atomic E-state index is 12.4. The van der Waals surface area contributed by atoms with Crippen molar-refractivity contribution in [1.82, 2.24) is 19.1 Å². The van der Waals surface area contributed by atoms with Gasteiger partial charge in [-0.3, -0.25) is 18.7 Å². The molecule has 0 aliphatic rings. The molecular formula is C14H17N5O3S. The van der Waals surface area contributed by atoms with Gasteiger partial charge < -0.3 is 5.73 Å². The van der Waals surface area contributed by atoms with E-state index >= 15 is 0 Å². The lowest BCUT2D eigenvalue weighted by molar-refractivity contribution is 0.102. The van der Waals surface area contributed by atoms with Gasteiger partial charge in [0.2, 0.25) is 0 Å². The van der Waals surface area contributed by atoms with Crippen LogP contribution >= 0.6 is 11.8 Å². The van der Waals surface area contributed by atoms with Gasteiger partial charge in [0.15, 0.2) is 10.9 Å². The first-order valence-corrected chi connectivity index (χ1v) is 7.98. The van der Waals surface area contributed by atoms with Crippen LogP contribution in [0.2, 0.25) is 0 Å². The highest BCUT2D eigenvalue weighted by atomic mass is 32.2. The maximum absolute atomic E-state index is 12.4. The highest BCUT2D eigenvalue weighted by Crippen LogP contribution is 2.15. The highest BCUT2D eigenvalue weighted by molar-refractivity contribution is 7.99. The van der Waals surface area contributed by atoms with Crippen molar-refractivity contribution in [2.24, 2.45) is 7.05 Å². The number of nitrogens with zero attached hydrogens (tertiary/aromatic N) is 4. The lowest BCUT2D eigenvalue weighted by Gasteiger charge is -2.13. The van der Waals surface area contributed by atoms with E-state index in [0.29, 0.717) is 18.1 Å². The molecule has 0 aliphatic carbocycles. The van der Waals surface area contributed by atoms with Crippen molar-refractivity contribution in [3.63, 3.8) is 0 Å². The molecule has 122 valence electrons. The van der Waals surface area contributed by atoms with Gasteiger partial charge in [-0.2, -0.15) is 0 Å². The molecule has 0 amide bonds. The molecule has 9 heteroatoms. The summed E-state index contributed by atoms with van der Waals surface area (Å²) in [5, 5.41) is 0.429. The van der Waals surface area contributed by atoms with Crippen molar-refractivity contribution >= 4 is 23.4 Å². The number of carbonyl (C=O) groups is 1. The first kappa shape index (κ1) is 16.9. The minimum absolute atomic E-state index is 0.0339. The Labute approximate surface area is 136 Å². The summed E-state index contributed by atoms with van der Waals surface area (Å²) in [7, 11) is 1.33. The third-order valence-corrected chi connectivity index (χ3v) is 4.06. The molecule has 2 aromatic heterocycles. The van der Waals surface area contributed by atoms with Crippen molar-refractivity contribution in [2.45, 2.75) is 25.0 Å². The number of nitrogens with two attached hydrogens (primary N) is 1. The SMILES string of the molecule is CCCn1c(N)c(C(=O)CSc2ncccn2)c(=O)n(C)c1=O. The van der Waals surface area contributed by atoms with E-state index in [1.165, 1.54) is 11.6 Å². The molecule has 2 N–H and O–H groups in total. The Morgan fingerprint density at radius 1 is 1.30 bits per heavy atom. The largest absolute Gasteiger partial charge is 0.384 e. The van der Waals surface area contributed by atoms with Crippen LogP contribution in [0.15, 0.2) is 33.2 Å². The van der Waals surface area contributed by atoms with E-state index in [4.69, 9.17) is 5.73 Å². The normalized spacial score (nSPS) is 10.7. The second-order valence-corrected chi connectivity index (χ2v) is 5.74. The molecule has 0 fully saturated rings. The monoisotopic (exact) mass is 335 g/mol. The minimum atomic E-state index is -0.681. The number of nitrogen functional groups attached to an aromatic ring is 1. The van der Waals surface area contributed by atoms with Gasteiger partial charge in [0.25, 0.3) is 5.56 Å². The maximum Gasteiger partial charge on any atom is 0.332 e. The molecule has 0 radical (unpaired) electrons. The van der Waals surface area contributed by atoms with Crippen molar-refractivity contribution in [3.05, 3.63) is 44.9 Å². The zero-order chi connectivity index (χ0) is 17.0.